The Morgan fingerprint density at radius 1 is 1.26 bits per heavy atom. The molecular weight excluding hydrogens is 290 g/mol. The Morgan fingerprint density at radius 3 is 2.65 bits per heavy atom. The highest BCUT2D eigenvalue weighted by molar-refractivity contribution is 5.99. The molecule has 3 aromatic rings. The number of ether oxygens (including phenoxy) is 1. The van der Waals surface area contributed by atoms with Crippen LogP contribution in [0.2, 0.25) is 0 Å². The van der Waals surface area contributed by atoms with E-state index in [4.69, 9.17) is 17.0 Å². The quantitative estimate of drug-likeness (QED) is 0.736. The second-order valence-electron chi connectivity index (χ2n) is 5.39. The summed E-state index contributed by atoms with van der Waals surface area (Å²) in [7, 11) is 1.63. The average molecular weight is 307 g/mol. The molecule has 0 aliphatic rings. The van der Waals surface area contributed by atoms with Crippen LogP contribution in [0.25, 0.3) is 21.6 Å². The SMILES string of the molecule is [C-]#[N+]c1c(N)n(-c2c(C)ccc(OC)c2C)c2nc(C)ncc12. The van der Waals surface area contributed by atoms with Crippen LogP contribution in [0.1, 0.15) is 17.0 Å². The van der Waals surface area contributed by atoms with Crippen molar-refractivity contribution < 1.29 is 4.74 Å². The Hall–Kier alpha value is -3.07. The lowest BCUT2D eigenvalue weighted by molar-refractivity contribution is 0.411. The van der Waals surface area contributed by atoms with E-state index in [1.807, 2.05) is 37.5 Å². The number of hydrogen-bond donors (Lipinski definition) is 1. The summed E-state index contributed by atoms with van der Waals surface area (Å²) in [5, 5.41) is 0.657. The summed E-state index contributed by atoms with van der Waals surface area (Å²) in [6.07, 6.45) is 1.66. The number of aryl methyl sites for hydroxylation is 2. The maximum atomic E-state index is 7.43. The molecule has 0 fully saturated rings. The molecule has 23 heavy (non-hydrogen) atoms. The standard InChI is InChI=1S/C17H17N5O/c1-9-6-7-13(23-5)10(2)15(9)22-16(18)14(19-4)12-8-20-11(3)21-17(12)22/h6-8H,18H2,1-3,5H3. The van der Waals surface area contributed by atoms with Crippen LogP contribution in [0, 0.1) is 27.3 Å². The molecule has 116 valence electrons. The number of fused-ring (bicyclic) bond motifs is 1. The van der Waals surface area contributed by atoms with Gasteiger partial charge in [-0.1, -0.05) is 6.07 Å². The Morgan fingerprint density at radius 2 is 2.00 bits per heavy atom. The first-order valence-corrected chi connectivity index (χ1v) is 7.15. The van der Waals surface area contributed by atoms with E-state index in [0.717, 1.165) is 22.6 Å². The monoisotopic (exact) mass is 307 g/mol. The highest BCUT2D eigenvalue weighted by Gasteiger charge is 2.21. The topological polar surface area (TPSA) is 70.3 Å². The zero-order valence-corrected chi connectivity index (χ0v) is 13.5. The van der Waals surface area contributed by atoms with Gasteiger partial charge >= 0.3 is 0 Å². The molecule has 0 aliphatic carbocycles. The lowest BCUT2D eigenvalue weighted by Gasteiger charge is -2.17. The van der Waals surface area contributed by atoms with Crippen LogP contribution in [0.3, 0.4) is 0 Å². The summed E-state index contributed by atoms with van der Waals surface area (Å²) in [4.78, 5) is 12.3. The lowest BCUT2D eigenvalue weighted by Crippen LogP contribution is -2.06. The minimum Gasteiger partial charge on any atom is -0.496 e. The van der Waals surface area contributed by atoms with Crippen LogP contribution in [-0.2, 0) is 0 Å². The highest BCUT2D eigenvalue weighted by atomic mass is 16.5. The fraction of sp³-hybridized carbons (Fsp3) is 0.235. The van der Waals surface area contributed by atoms with E-state index in [1.54, 1.807) is 13.3 Å². The van der Waals surface area contributed by atoms with Gasteiger partial charge in [-0.3, -0.25) is 4.57 Å². The fourth-order valence-corrected chi connectivity index (χ4v) is 2.88. The maximum absolute atomic E-state index is 7.43. The molecule has 0 amide bonds. The number of anilines is 1. The molecule has 0 saturated heterocycles. The zero-order valence-electron chi connectivity index (χ0n) is 13.5. The van der Waals surface area contributed by atoms with Gasteiger partial charge in [-0.25, -0.2) is 14.8 Å². The van der Waals surface area contributed by atoms with Gasteiger partial charge < -0.3 is 10.5 Å². The van der Waals surface area contributed by atoms with Crippen LogP contribution in [-0.4, -0.2) is 21.6 Å². The molecule has 0 atom stereocenters. The lowest BCUT2D eigenvalue weighted by atomic mass is 10.1. The summed E-state index contributed by atoms with van der Waals surface area (Å²) in [5.74, 6) is 1.77. The summed E-state index contributed by atoms with van der Waals surface area (Å²) >= 11 is 0. The fourth-order valence-electron chi connectivity index (χ4n) is 2.88. The number of nitrogens with two attached hydrogens (primary N) is 1. The van der Waals surface area contributed by atoms with E-state index in [0.29, 0.717) is 28.4 Å². The van der Waals surface area contributed by atoms with Gasteiger partial charge in [-0.2, -0.15) is 0 Å². The molecule has 6 heteroatoms. The van der Waals surface area contributed by atoms with Crippen molar-refractivity contribution in [1.29, 1.82) is 0 Å². The molecule has 0 bridgehead atoms. The van der Waals surface area contributed by atoms with E-state index in [1.165, 1.54) is 0 Å². The van der Waals surface area contributed by atoms with Crippen molar-refractivity contribution in [3.05, 3.63) is 46.7 Å². The normalized spacial score (nSPS) is 10.7. The minimum absolute atomic E-state index is 0.370. The first-order chi connectivity index (χ1) is 11.0. The molecule has 0 aliphatic heterocycles. The Labute approximate surface area is 134 Å². The van der Waals surface area contributed by atoms with Gasteiger partial charge in [0.2, 0.25) is 5.69 Å². The largest absolute Gasteiger partial charge is 0.496 e. The molecule has 0 spiro atoms. The van der Waals surface area contributed by atoms with Gasteiger partial charge in [0.25, 0.3) is 0 Å². The first kappa shape index (κ1) is 14.9. The predicted molar refractivity (Wildman–Crippen MR) is 90.3 cm³/mol. The van der Waals surface area contributed by atoms with E-state index in [9.17, 15) is 0 Å². The number of benzene rings is 1. The molecule has 2 heterocycles. The third kappa shape index (κ3) is 2.09. The Balaban J connectivity index is 2.49. The Bertz CT molecular complexity index is 965. The van der Waals surface area contributed by atoms with Crippen molar-refractivity contribution in [2.24, 2.45) is 0 Å². The molecule has 0 radical (unpaired) electrons. The zero-order chi connectivity index (χ0) is 16.7. The van der Waals surface area contributed by atoms with Gasteiger partial charge in [-0.15, -0.1) is 0 Å². The van der Waals surface area contributed by atoms with Crippen molar-refractivity contribution in [2.75, 3.05) is 12.8 Å². The number of rotatable bonds is 2. The van der Waals surface area contributed by atoms with E-state index < -0.39 is 0 Å². The minimum atomic E-state index is 0.370. The molecule has 0 saturated carbocycles. The number of nitrogen functional groups attached to an aromatic ring is 1. The summed E-state index contributed by atoms with van der Waals surface area (Å²) in [6, 6.07) is 3.89. The van der Waals surface area contributed by atoms with Gasteiger partial charge in [0.1, 0.15) is 23.0 Å². The smallest absolute Gasteiger partial charge is 0.238 e. The third-order valence-electron chi connectivity index (χ3n) is 3.98. The van der Waals surface area contributed by atoms with Crippen LogP contribution in [0.5, 0.6) is 5.75 Å². The first-order valence-electron chi connectivity index (χ1n) is 7.15. The molecule has 6 nitrogen and oxygen atoms in total. The van der Waals surface area contributed by atoms with Crippen LogP contribution in [0.4, 0.5) is 11.5 Å². The van der Waals surface area contributed by atoms with E-state index in [-0.39, 0.29) is 0 Å². The molecule has 3 rings (SSSR count). The van der Waals surface area contributed by atoms with E-state index >= 15 is 0 Å². The number of aromatic nitrogens is 3. The van der Waals surface area contributed by atoms with Crippen molar-refractivity contribution >= 4 is 22.5 Å². The molecule has 2 N–H and O–H groups in total. The second kappa shape index (κ2) is 5.29. The van der Waals surface area contributed by atoms with Crippen molar-refractivity contribution in [2.45, 2.75) is 20.8 Å². The van der Waals surface area contributed by atoms with Gasteiger partial charge in [0, 0.05) is 17.1 Å². The van der Waals surface area contributed by atoms with Gasteiger partial charge in [0.05, 0.1) is 19.4 Å². The average Bonchev–Trinajstić information content (AvgIpc) is 2.79. The van der Waals surface area contributed by atoms with Crippen LogP contribution >= 0.6 is 0 Å². The van der Waals surface area contributed by atoms with Crippen molar-refractivity contribution in [1.82, 2.24) is 14.5 Å². The third-order valence-corrected chi connectivity index (χ3v) is 3.98. The second-order valence-corrected chi connectivity index (χ2v) is 5.39. The van der Waals surface area contributed by atoms with Gasteiger partial charge in [-0.05, 0) is 32.4 Å². The summed E-state index contributed by atoms with van der Waals surface area (Å²) in [5.41, 5.74) is 10.2. The molecule has 0 unspecified atom stereocenters. The van der Waals surface area contributed by atoms with E-state index in [2.05, 4.69) is 14.8 Å². The predicted octanol–water partition coefficient (Wildman–Crippen LogP) is 3.49. The van der Waals surface area contributed by atoms with Crippen molar-refractivity contribution in [3.63, 3.8) is 0 Å². The number of methoxy groups -OCH3 is 1. The number of hydrogen-bond acceptors (Lipinski definition) is 4. The molecule has 1 aromatic carbocycles. The Kier molecular flexibility index (Phi) is 3.41. The maximum Gasteiger partial charge on any atom is 0.238 e. The summed E-state index contributed by atoms with van der Waals surface area (Å²) < 4.78 is 7.25. The van der Waals surface area contributed by atoms with Crippen molar-refractivity contribution in [3.8, 4) is 11.4 Å². The van der Waals surface area contributed by atoms with Crippen LogP contribution < -0.4 is 10.5 Å². The number of nitrogens with zero attached hydrogens (tertiary/aromatic N) is 4. The molecular formula is C17H17N5O. The van der Waals surface area contributed by atoms with Gasteiger partial charge in [0.15, 0.2) is 0 Å². The molecule has 2 aromatic heterocycles. The summed E-state index contributed by atoms with van der Waals surface area (Å²) in [6.45, 7) is 13.2. The van der Waals surface area contributed by atoms with Crippen LogP contribution in [0.15, 0.2) is 18.3 Å². The highest BCUT2D eigenvalue weighted by Crippen LogP contribution is 2.39.